The van der Waals surface area contributed by atoms with Gasteiger partial charge in [-0.05, 0) is 49.9 Å². The number of halogens is 3. The lowest BCUT2D eigenvalue weighted by Gasteiger charge is -2.14. The Kier molecular flexibility index (Phi) is 3.61. The predicted molar refractivity (Wildman–Crippen MR) is 64.0 cm³/mol. The molecular weight excluding hydrogens is 279 g/mol. The number of sulfonamides is 1. The van der Waals surface area contributed by atoms with Crippen molar-refractivity contribution in [3.63, 3.8) is 0 Å². The minimum Gasteiger partial charge on any atom is -0.208 e. The first-order valence-electron chi connectivity index (χ1n) is 5.90. The first-order chi connectivity index (χ1) is 8.70. The Balaban J connectivity index is 2.16. The van der Waals surface area contributed by atoms with Crippen LogP contribution in [-0.2, 0) is 16.2 Å². The number of hydrogen-bond donors (Lipinski definition) is 1. The van der Waals surface area contributed by atoms with Gasteiger partial charge < -0.3 is 0 Å². The van der Waals surface area contributed by atoms with Crippen LogP contribution in [0.5, 0.6) is 0 Å². The highest BCUT2D eigenvalue weighted by molar-refractivity contribution is 7.89. The van der Waals surface area contributed by atoms with Gasteiger partial charge in [0, 0.05) is 6.04 Å². The number of rotatable bonds is 4. The van der Waals surface area contributed by atoms with Gasteiger partial charge in [-0.25, -0.2) is 13.1 Å². The maximum absolute atomic E-state index is 12.4. The molecule has 3 nitrogen and oxygen atoms in total. The van der Waals surface area contributed by atoms with E-state index in [1.54, 1.807) is 6.92 Å². The highest BCUT2D eigenvalue weighted by Crippen LogP contribution is 2.33. The summed E-state index contributed by atoms with van der Waals surface area (Å²) in [5, 5.41) is 0. The standard InChI is InChI=1S/C12H14F3NO2S/c1-8(9-2-3-9)16-19(17,18)11-6-4-10(5-7-11)12(13,14)15/h4-9,16H,2-3H2,1H3/t8-/m1/s1. The molecule has 1 fully saturated rings. The van der Waals surface area contributed by atoms with Crippen molar-refractivity contribution < 1.29 is 21.6 Å². The molecule has 0 aliphatic heterocycles. The van der Waals surface area contributed by atoms with Gasteiger partial charge in [0.15, 0.2) is 0 Å². The molecule has 1 aromatic carbocycles. The van der Waals surface area contributed by atoms with E-state index in [1.165, 1.54) is 0 Å². The third kappa shape index (κ3) is 3.48. The van der Waals surface area contributed by atoms with E-state index in [2.05, 4.69) is 4.72 Å². The van der Waals surface area contributed by atoms with Crippen LogP contribution in [0.2, 0.25) is 0 Å². The Labute approximate surface area is 109 Å². The summed E-state index contributed by atoms with van der Waals surface area (Å²) in [4.78, 5) is -0.145. The molecule has 0 radical (unpaired) electrons. The van der Waals surface area contributed by atoms with Crippen LogP contribution in [0.4, 0.5) is 13.2 Å². The SMILES string of the molecule is C[C@@H](NS(=O)(=O)c1ccc(C(F)(F)F)cc1)C1CC1. The summed E-state index contributed by atoms with van der Waals surface area (Å²) in [6, 6.07) is 3.31. The van der Waals surface area contributed by atoms with Crippen molar-refractivity contribution in [2.45, 2.75) is 36.9 Å². The number of benzene rings is 1. The monoisotopic (exact) mass is 293 g/mol. The molecule has 1 N–H and O–H groups in total. The van der Waals surface area contributed by atoms with Gasteiger partial charge in [-0.3, -0.25) is 0 Å². The minimum atomic E-state index is -4.46. The highest BCUT2D eigenvalue weighted by Gasteiger charge is 2.32. The van der Waals surface area contributed by atoms with Crippen molar-refractivity contribution in [1.82, 2.24) is 4.72 Å². The Bertz CT molecular complexity index is 547. The normalized spacial score (nSPS) is 18.3. The molecule has 0 saturated heterocycles. The Morgan fingerprint density at radius 1 is 1.21 bits per heavy atom. The molecule has 1 aliphatic rings. The maximum atomic E-state index is 12.4. The van der Waals surface area contributed by atoms with E-state index < -0.39 is 21.8 Å². The van der Waals surface area contributed by atoms with Crippen LogP contribution < -0.4 is 4.72 Å². The van der Waals surface area contributed by atoms with Crippen LogP contribution in [-0.4, -0.2) is 14.5 Å². The molecule has 0 unspecified atom stereocenters. The van der Waals surface area contributed by atoms with E-state index in [-0.39, 0.29) is 10.9 Å². The van der Waals surface area contributed by atoms with Gasteiger partial charge in [-0.2, -0.15) is 13.2 Å². The Morgan fingerprint density at radius 2 is 1.74 bits per heavy atom. The summed E-state index contributed by atoms with van der Waals surface area (Å²) < 4.78 is 63.5. The molecule has 7 heteroatoms. The number of alkyl halides is 3. The van der Waals surface area contributed by atoms with Gasteiger partial charge in [0.05, 0.1) is 10.5 Å². The summed E-state index contributed by atoms with van der Waals surface area (Å²) >= 11 is 0. The van der Waals surface area contributed by atoms with Gasteiger partial charge in [-0.15, -0.1) is 0 Å². The summed E-state index contributed by atoms with van der Waals surface area (Å²) in [6.07, 6.45) is -2.50. The van der Waals surface area contributed by atoms with Crippen molar-refractivity contribution in [3.8, 4) is 0 Å². The minimum absolute atomic E-state index is 0.145. The molecule has 2 rings (SSSR count). The largest absolute Gasteiger partial charge is 0.416 e. The molecule has 0 spiro atoms. The van der Waals surface area contributed by atoms with Crippen molar-refractivity contribution in [2.24, 2.45) is 5.92 Å². The second-order valence-electron chi connectivity index (χ2n) is 4.77. The molecule has 0 heterocycles. The molecule has 1 aliphatic carbocycles. The zero-order valence-corrected chi connectivity index (χ0v) is 11.1. The highest BCUT2D eigenvalue weighted by atomic mass is 32.2. The molecule has 106 valence electrons. The van der Waals surface area contributed by atoms with Gasteiger partial charge >= 0.3 is 6.18 Å². The summed E-state index contributed by atoms with van der Waals surface area (Å²) in [6.45, 7) is 1.76. The summed E-state index contributed by atoms with van der Waals surface area (Å²) in [5.41, 5.74) is -0.860. The topological polar surface area (TPSA) is 46.2 Å². The average molecular weight is 293 g/mol. The second-order valence-corrected chi connectivity index (χ2v) is 6.48. The van der Waals surface area contributed by atoms with Crippen molar-refractivity contribution in [3.05, 3.63) is 29.8 Å². The smallest absolute Gasteiger partial charge is 0.208 e. The molecule has 1 aromatic rings. The third-order valence-corrected chi connectivity index (χ3v) is 4.74. The predicted octanol–water partition coefficient (Wildman–Crippen LogP) is 2.78. The maximum Gasteiger partial charge on any atom is 0.416 e. The number of nitrogens with one attached hydrogen (secondary N) is 1. The van der Waals surface area contributed by atoms with Gasteiger partial charge in [-0.1, -0.05) is 0 Å². The van der Waals surface area contributed by atoms with Crippen LogP contribution in [0.3, 0.4) is 0 Å². The van der Waals surface area contributed by atoms with E-state index in [1.807, 2.05) is 0 Å². The van der Waals surface area contributed by atoms with E-state index in [0.717, 1.165) is 37.1 Å². The lowest BCUT2D eigenvalue weighted by atomic mass is 10.2. The quantitative estimate of drug-likeness (QED) is 0.928. The molecule has 1 atom stereocenters. The van der Waals surface area contributed by atoms with Crippen LogP contribution in [0.1, 0.15) is 25.3 Å². The molecule has 0 amide bonds. The average Bonchev–Trinajstić information content (AvgIpc) is 3.11. The molecule has 1 saturated carbocycles. The lowest BCUT2D eigenvalue weighted by molar-refractivity contribution is -0.137. The Morgan fingerprint density at radius 3 is 2.16 bits per heavy atom. The third-order valence-electron chi connectivity index (χ3n) is 3.16. The fraction of sp³-hybridized carbons (Fsp3) is 0.500. The second kappa shape index (κ2) is 4.79. The van der Waals surface area contributed by atoms with E-state index in [4.69, 9.17) is 0 Å². The van der Waals surface area contributed by atoms with Gasteiger partial charge in [0.1, 0.15) is 0 Å². The van der Waals surface area contributed by atoms with Crippen LogP contribution in [0.25, 0.3) is 0 Å². The molecule has 0 bridgehead atoms. The number of hydrogen-bond acceptors (Lipinski definition) is 2. The summed E-state index contributed by atoms with van der Waals surface area (Å²) in [5.74, 6) is 0.337. The van der Waals surface area contributed by atoms with Crippen molar-refractivity contribution in [2.75, 3.05) is 0 Å². The molecule has 0 aromatic heterocycles. The Hall–Kier alpha value is -1.08. The van der Waals surface area contributed by atoms with Gasteiger partial charge in [0.25, 0.3) is 0 Å². The van der Waals surface area contributed by atoms with Gasteiger partial charge in [0.2, 0.25) is 10.0 Å². The van der Waals surface area contributed by atoms with Crippen LogP contribution >= 0.6 is 0 Å². The molecular formula is C12H14F3NO2S. The fourth-order valence-electron chi connectivity index (χ4n) is 1.83. The first kappa shape index (κ1) is 14.3. The van der Waals surface area contributed by atoms with E-state index in [9.17, 15) is 21.6 Å². The lowest BCUT2D eigenvalue weighted by Crippen LogP contribution is -2.34. The van der Waals surface area contributed by atoms with E-state index in [0.29, 0.717) is 5.92 Å². The fourth-order valence-corrected chi connectivity index (χ4v) is 3.14. The van der Waals surface area contributed by atoms with Crippen LogP contribution in [0.15, 0.2) is 29.2 Å². The zero-order chi connectivity index (χ0) is 14.3. The first-order valence-corrected chi connectivity index (χ1v) is 7.38. The summed E-state index contributed by atoms with van der Waals surface area (Å²) in [7, 11) is -3.74. The van der Waals surface area contributed by atoms with Crippen molar-refractivity contribution in [1.29, 1.82) is 0 Å². The van der Waals surface area contributed by atoms with Crippen LogP contribution in [0, 0.1) is 5.92 Å². The zero-order valence-electron chi connectivity index (χ0n) is 10.2. The van der Waals surface area contributed by atoms with E-state index >= 15 is 0 Å². The molecule has 19 heavy (non-hydrogen) atoms. The van der Waals surface area contributed by atoms with Crippen molar-refractivity contribution >= 4 is 10.0 Å².